The van der Waals surface area contributed by atoms with Crippen LogP contribution in [-0.4, -0.2) is 53.7 Å². The molecule has 1 unspecified atom stereocenters. The van der Waals surface area contributed by atoms with Crippen molar-refractivity contribution in [2.24, 2.45) is 5.92 Å². The van der Waals surface area contributed by atoms with Crippen molar-refractivity contribution in [1.82, 2.24) is 15.0 Å². The fourth-order valence-electron chi connectivity index (χ4n) is 3.93. The van der Waals surface area contributed by atoms with Gasteiger partial charge in [-0.3, -0.25) is 9.69 Å². The highest BCUT2D eigenvalue weighted by molar-refractivity contribution is 5.94. The molecule has 1 aliphatic rings. The van der Waals surface area contributed by atoms with E-state index in [0.717, 1.165) is 30.7 Å². The number of hydrogen-bond donors (Lipinski definition) is 1. The standard InChI is InChI=1S/C25H28N4O5/c1-3-33-25(31)18-6-10-20(11-7-18)26-24(30)19-5-4-14-29(15-19)16-22-27-23(28-34-22)17-8-12-21(32-2)13-9-17/h6-13,19H,3-5,14-16H2,1-2H3,(H,26,30). The van der Waals surface area contributed by atoms with E-state index in [1.54, 1.807) is 38.3 Å². The SMILES string of the molecule is CCOC(=O)c1ccc(NC(=O)C2CCCN(Cc3nc(-c4ccc(OC)cc4)no3)C2)cc1. The molecule has 9 heteroatoms. The number of anilines is 1. The molecule has 2 aromatic carbocycles. The van der Waals surface area contributed by atoms with Crippen molar-refractivity contribution in [2.75, 3.05) is 32.1 Å². The van der Waals surface area contributed by atoms with Crippen LogP contribution < -0.4 is 10.1 Å². The Morgan fingerprint density at radius 2 is 1.91 bits per heavy atom. The monoisotopic (exact) mass is 464 g/mol. The van der Waals surface area contributed by atoms with Crippen LogP contribution in [0.1, 0.15) is 36.0 Å². The number of rotatable bonds is 8. The van der Waals surface area contributed by atoms with Crippen molar-refractivity contribution >= 4 is 17.6 Å². The van der Waals surface area contributed by atoms with Gasteiger partial charge in [0.2, 0.25) is 17.6 Å². The van der Waals surface area contributed by atoms with E-state index in [9.17, 15) is 9.59 Å². The van der Waals surface area contributed by atoms with Crippen molar-refractivity contribution < 1.29 is 23.6 Å². The fraction of sp³-hybridized carbons (Fsp3) is 0.360. The molecule has 1 amide bonds. The summed E-state index contributed by atoms with van der Waals surface area (Å²) in [5.74, 6) is 1.23. The molecular formula is C25H28N4O5. The highest BCUT2D eigenvalue weighted by atomic mass is 16.5. The molecule has 1 N–H and O–H groups in total. The molecule has 34 heavy (non-hydrogen) atoms. The second kappa shape index (κ2) is 10.9. The third kappa shape index (κ3) is 5.79. The van der Waals surface area contributed by atoms with Gasteiger partial charge in [-0.05, 0) is 74.8 Å². The lowest BCUT2D eigenvalue weighted by Gasteiger charge is -2.30. The van der Waals surface area contributed by atoms with Gasteiger partial charge in [0.05, 0.1) is 31.7 Å². The Balaban J connectivity index is 1.32. The second-order valence-corrected chi connectivity index (χ2v) is 8.10. The number of nitrogens with zero attached hydrogens (tertiary/aromatic N) is 3. The molecule has 0 bridgehead atoms. The van der Waals surface area contributed by atoms with Gasteiger partial charge in [0, 0.05) is 17.8 Å². The van der Waals surface area contributed by atoms with E-state index in [4.69, 9.17) is 14.0 Å². The fourth-order valence-corrected chi connectivity index (χ4v) is 3.93. The molecule has 1 saturated heterocycles. The topological polar surface area (TPSA) is 107 Å². The molecule has 3 aromatic rings. The van der Waals surface area contributed by atoms with Gasteiger partial charge in [-0.15, -0.1) is 0 Å². The lowest BCUT2D eigenvalue weighted by Crippen LogP contribution is -2.40. The van der Waals surface area contributed by atoms with Crippen LogP contribution in [0.2, 0.25) is 0 Å². The molecule has 9 nitrogen and oxygen atoms in total. The summed E-state index contributed by atoms with van der Waals surface area (Å²) in [5.41, 5.74) is 1.95. The lowest BCUT2D eigenvalue weighted by molar-refractivity contribution is -0.121. The average Bonchev–Trinajstić information content (AvgIpc) is 3.33. The number of amides is 1. The Labute approximate surface area is 198 Å². The normalized spacial score (nSPS) is 16.1. The molecule has 2 heterocycles. The molecule has 1 atom stereocenters. The Kier molecular flexibility index (Phi) is 7.54. The molecule has 0 aliphatic carbocycles. The third-order valence-corrected chi connectivity index (χ3v) is 5.72. The van der Waals surface area contributed by atoms with Crippen LogP contribution in [0.25, 0.3) is 11.4 Å². The number of ether oxygens (including phenoxy) is 2. The van der Waals surface area contributed by atoms with Gasteiger partial charge in [-0.25, -0.2) is 4.79 Å². The zero-order valence-corrected chi connectivity index (χ0v) is 19.3. The number of nitrogens with one attached hydrogen (secondary N) is 1. The Morgan fingerprint density at radius 3 is 2.62 bits per heavy atom. The van der Waals surface area contributed by atoms with Crippen LogP contribution in [0.3, 0.4) is 0 Å². The number of carbonyl (C=O) groups excluding carboxylic acids is 2. The average molecular weight is 465 g/mol. The Morgan fingerprint density at radius 1 is 1.15 bits per heavy atom. The van der Waals surface area contributed by atoms with Crippen LogP contribution in [0, 0.1) is 5.92 Å². The number of likely N-dealkylation sites (tertiary alicyclic amines) is 1. The van der Waals surface area contributed by atoms with Crippen LogP contribution in [0.5, 0.6) is 5.75 Å². The maximum absolute atomic E-state index is 12.8. The Hall–Kier alpha value is -3.72. The zero-order valence-electron chi connectivity index (χ0n) is 19.3. The summed E-state index contributed by atoms with van der Waals surface area (Å²) in [5, 5.41) is 7.03. The van der Waals surface area contributed by atoms with Crippen LogP contribution in [0.4, 0.5) is 5.69 Å². The number of aromatic nitrogens is 2. The number of piperidine rings is 1. The molecule has 0 spiro atoms. The lowest BCUT2D eigenvalue weighted by atomic mass is 9.97. The maximum atomic E-state index is 12.8. The molecule has 178 valence electrons. The summed E-state index contributed by atoms with van der Waals surface area (Å²) < 4.78 is 15.6. The molecule has 0 saturated carbocycles. The smallest absolute Gasteiger partial charge is 0.338 e. The first-order chi connectivity index (χ1) is 16.6. The van der Waals surface area contributed by atoms with E-state index < -0.39 is 0 Å². The summed E-state index contributed by atoms with van der Waals surface area (Å²) in [4.78, 5) is 31.3. The van der Waals surface area contributed by atoms with Gasteiger partial charge < -0.3 is 19.3 Å². The number of carbonyl (C=O) groups is 2. The van der Waals surface area contributed by atoms with Gasteiger partial charge in [0.1, 0.15) is 5.75 Å². The highest BCUT2D eigenvalue weighted by Gasteiger charge is 2.27. The minimum Gasteiger partial charge on any atom is -0.497 e. The predicted octanol–water partition coefficient (Wildman–Crippen LogP) is 3.77. The molecular weight excluding hydrogens is 436 g/mol. The van der Waals surface area contributed by atoms with Gasteiger partial charge in [0.25, 0.3) is 0 Å². The first-order valence-electron chi connectivity index (χ1n) is 11.3. The number of hydrogen-bond acceptors (Lipinski definition) is 8. The van der Waals surface area contributed by atoms with E-state index in [1.807, 2.05) is 24.3 Å². The molecule has 1 fully saturated rings. The summed E-state index contributed by atoms with van der Waals surface area (Å²) in [7, 11) is 1.62. The minimum absolute atomic E-state index is 0.0435. The quantitative estimate of drug-likeness (QED) is 0.502. The van der Waals surface area contributed by atoms with Crippen LogP contribution in [-0.2, 0) is 16.1 Å². The van der Waals surface area contributed by atoms with Crippen molar-refractivity contribution in [3.8, 4) is 17.1 Å². The molecule has 1 aromatic heterocycles. The molecule has 0 radical (unpaired) electrons. The van der Waals surface area contributed by atoms with E-state index in [2.05, 4.69) is 20.4 Å². The first-order valence-corrected chi connectivity index (χ1v) is 11.3. The van der Waals surface area contributed by atoms with E-state index in [0.29, 0.717) is 42.7 Å². The van der Waals surface area contributed by atoms with Gasteiger partial charge >= 0.3 is 5.97 Å². The summed E-state index contributed by atoms with van der Waals surface area (Å²) >= 11 is 0. The number of benzene rings is 2. The minimum atomic E-state index is -0.375. The summed E-state index contributed by atoms with van der Waals surface area (Å²) in [6.07, 6.45) is 1.71. The van der Waals surface area contributed by atoms with Gasteiger partial charge in [0.15, 0.2) is 0 Å². The Bertz CT molecular complexity index is 1110. The highest BCUT2D eigenvalue weighted by Crippen LogP contribution is 2.23. The van der Waals surface area contributed by atoms with Gasteiger partial charge in [-0.1, -0.05) is 5.16 Å². The van der Waals surface area contributed by atoms with Crippen LogP contribution >= 0.6 is 0 Å². The van der Waals surface area contributed by atoms with Crippen molar-refractivity contribution in [1.29, 1.82) is 0 Å². The van der Waals surface area contributed by atoms with Crippen molar-refractivity contribution in [2.45, 2.75) is 26.3 Å². The van der Waals surface area contributed by atoms with Crippen molar-refractivity contribution in [3.05, 3.63) is 60.0 Å². The zero-order chi connectivity index (χ0) is 23.9. The first kappa shape index (κ1) is 23.4. The number of esters is 1. The van der Waals surface area contributed by atoms with E-state index in [-0.39, 0.29) is 17.8 Å². The molecule has 1 aliphatic heterocycles. The predicted molar refractivity (Wildman–Crippen MR) is 125 cm³/mol. The van der Waals surface area contributed by atoms with Gasteiger partial charge in [-0.2, -0.15) is 4.98 Å². The number of methoxy groups -OCH3 is 1. The van der Waals surface area contributed by atoms with E-state index >= 15 is 0 Å². The van der Waals surface area contributed by atoms with Crippen molar-refractivity contribution in [3.63, 3.8) is 0 Å². The largest absolute Gasteiger partial charge is 0.497 e. The summed E-state index contributed by atoms with van der Waals surface area (Å²) in [6.45, 7) is 4.03. The molecule has 4 rings (SSSR count). The maximum Gasteiger partial charge on any atom is 0.338 e. The second-order valence-electron chi connectivity index (χ2n) is 8.10. The third-order valence-electron chi connectivity index (χ3n) is 5.72. The van der Waals surface area contributed by atoms with Crippen LogP contribution in [0.15, 0.2) is 53.1 Å². The summed E-state index contributed by atoms with van der Waals surface area (Å²) in [6, 6.07) is 14.2. The van der Waals surface area contributed by atoms with E-state index in [1.165, 1.54) is 0 Å².